The van der Waals surface area contributed by atoms with Crippen LogP contribution in [-0.2, 0) is 9.57 Å². The molecule has 30 heavy (non-hydrogen) atoms. The fraction of sp³-hybridized carbons (Fsp3) is 0.500. The molecule has 0 aliphatic rings. The largest absolute Gasteiger partial charge is 0.490 e. The molecule has 1 aromatic carbocycles. The molecule has 1 aromatic rings. The van der Waals surface area contributed by atoms with Gasteiger partial charge in [0.1, 0.15) is 16.8 Å². The Morgan fingerprint density at radius 3 is 2.27 bits per heavy atom. The number of ether oxygens (including phenoxy) is 3. The summed E-state index contributed by atoms with van der Waals surface area (Å²) in [5.41, 5.74) is 0. The average molecular weight is 513 g/mol. The van der Waals surface area contributed by atoms with E-state index >= 15 is 0 Å². The van der Waals surface area contributed by atoms with Crippen LogP contribution in [0.3, 0.4) is 0 Å². The number of unbranched alkanes of at least 4 members (excludes halogenated alkanes) is 2. The fourth-order valence-electron chi connectivity index (χ4n) is 1.96. The molecule has 0 unspecified atom stereocenters. The van der Waals surface area contributed by atoms with Crippen molar-refractivity contribution in [3.63, 3.8) is 0 Å². The third-order valence-electron chi connectivity index (χ3n) is 3.23. The van der Waals surface area contributed by atoms with E-state index in [9.17, 15) is 13.2 Å². The quantitative estimate of drug-likeness (QED) is 0.129. The second-order valence-electron chi connectivity index (χ2n) is 5.78. The van der Waals surface area contributed by atoms with Crippen LogP contribution in [-0.4, -0.2) is 38.5 Å². The molecule has 0 amide bonds. The first-order valence-electron chi connectivity index (χ1n) is 8.70. The Morgan fingerprint density at radius 1 is 1.03 bits per heavy atom. The van der Waals surface area contributed by atoms with Crippen molar-refractivity contribution in [2.75, 3.05) is 26.4 Å². The first-order chi connectivity index (χ1) is 14.1. The van der Waals surface area contributed by atoms with E-state index in [1.165, 1.54) is 13.0 Å². The molecule has 0 saturated carbocycles. The van der Waals surface area contributed by atoms with Crippen LogP contribution in [0.25, 0.3) is 0 Å². The summed E-state index contributed by atoms with van der Waals surface area (Å²) in [5, 5.41) is 3.83. The molecule has 0 aliphatic carbocycles. The Kier molecular flexibility index (Phi) is 12.5. The Balaban J connectivity index is 2.26. The molecule has 0 aliphatic heterocycles. The second kappa shape index (κ2) is 14.0. The fourth-order valence-corrected chi connectivity index (χ4v) is 2.66. The average Bonchev–Trinajstić information content (AvgIpc) is 2.61. The van der Waals surface area contributed by atoms with Gasteiger partial charge >= 0.3 is 6.18 Å². The van der Waals surface area contributed by atoms with Gasteiger partial charge in [0.2, 0.25) is 12.5 Å². The molecule has 0 saturated heterocycles. The predicted octanol–water partition coefficient (Wildman–Crippen LogP) is 7.17. The van der Waals surface area contributed by atoms with E-state index in [0.717, 1.165) is 6.42 Å². The molecule has 0 bridgehead atoms. The molecule has 0 heterocycles. The monoisotopic (exact) mass is 511 g/mol. The number of alkyl halides is 3. The molecule has 0 N–H and O–H groups in total. The van der Waals surface area contributed by atoms with Crippen LogP contribution < -0.4 is 9.47 Å². The van der Waals surface area contributed by atoms with Crippen LogP contribution in [0.4, 0.5) is 13.2 Å². The van der Waals surface area contributed by atoms with Crippen molar-refractivity contribution < 1.29 is 32.2 Å². The second-order valence-corrected chi connectivity index (χ2v) is 7.60. The molecule has 0 aromatic heterocycles. The van der Waals surface area contributed by atoms with Gasteiger partial charge in [0.15, 0.2) is 5.75 Å². The summed E-state index contributed by atoms with van der Waals surface area (Å²) in [6.07, 6.45) is -0.867. The lowest BCUT2D eigenvalue weighted by molar-refractivity contribution is -0.174. The molecular formula is C18H20Cl4F3NO4. The Morgan fingerprint density at radius 2 is 1.67 bits per heavy atom. The van der Waals surface area contributed by atoms with Crippen LogP contribution in [0.1, 0.15) is 26.2 Å². The highest BCUT2D eigenvalue weighted by atomic mass is 35.5. The Bertz CT molecular complexity index is 703. The van der Waals surface area contributed by atoms with Crippen molar-refractivity contribution in [2.45, 2.75) is 32.4 Å². The molecular weight excluding hydrogens is 493 g/mol. The predicted molar refractivity (Wildman–Crippen MR) is 112 cm³/mol. The molecule has 0 radical (unpaired) electrons. The standard InChI is InChI=1S/C18H20Cl4F3NO4/c1-12(26-30-11-18(23,24)25)27-6-3-2-4-7-29-17-14(19)9-13(10-15(17)20)28-8-5-16(21)22/h5,9-10H,2-4,6-8,11H2,1H3. The maximum Gasteiger partial charge on any atom is 0.425 e. The number of hydrogen-bond acceptors (Lipinski definition) is 5. The van der Waals surface area contributed by atoms with Gasteiger partial charge in [-0.1, -0.05) is 51.6 Å². The lowest BCUT2D eigenvalue weighted by Crippen LogP contribution is -2.15. The molecule has 0 atom stereocenters. The minimum Gasteiger partial charge on any atom is -0.490 e. The first kappa shape index (κ1) is 26.8. The summed E-state index contributed by atoms with van der Waals surface area (Å²) in [6.45, 7) is 0.778. The molecule has 5 nitrogen and oxygen atoms in total. The van der Waals surface area contributed by atoms with Crippen molar-refractivity contribution in [3.05, 3.63) is 32.7 Å². The first-order valence-corrected chi connectivity index (χ1v) is 10.2. The van der Waals surface area contributed by atoms with Crippen molar-refractivity contribution in [1.82, 2.24) is 0 Å². The van der Waals surface area contributed by atoms with E-state index in [1.807, 2.05) is 0 Å². The number of oxime groups is 1. The summed E-state index contributed by atoms with van der Waals surface area (Å²) in [4.78, 5) is 4.14. The molecule has 0 spiro atoms. The molecule has 12 heteroatoms. The topological polar surface area (TPSA) is 49.3 Å². The summed E-state index contributed by atoms with van der Waals surface area (Å²) < 4.78 is 52.0. The van der Waals surface area contributed by atoms with Crippen molar-refractivity contribution >= 4 is 52.3 Å². The van der Waals surface area contributed by atoms with Gasteiger partial charge in [0.05, 0.1) is 23.3 Å². The zero-order valence-electron chi connectivity index (χ0n) is 15.9. The van der Waals surface area contributed by atoms with Crippen LogP contribution in [0.2, 0.25) is 10.0 Å². The maximum absolute atomic E-state index is 11.9. The van der Waals surface area contributed by atoms with E-state index in [0.29, 0.717) is 47.6 Å². The molecule has 0 fully saturated rings. The van der Waals surface area contributed by atoms with Crippen molar-refractivity contribution in [1.29, 1.82) is 0 Å². The summed E-state index contributed by atoms with van der Waals surface area (Å²) in [5.74, 6) is 0.814. The Hall–Kier alpha value is -1.22. The van der Waals surface area contributed by atoms with E-state index < -0.39 is 12.8 Å². The van der Waals surface area contributed by atoms with Crippen LogP contribution in [0.5, 0.6) is 11.5 Å². The minimum absolute atomic E-state index is 0.0279. The number of benzene rings is 1. The lowest BCUT2D eigenvalue weighted by atomic mass is 10.2. The van der Waals surface area contributed by atoms with Crippen LogP contribution in [0, 0.1) is 0 Å². The van der Waals surface area contributed by atoms with Gasteiger partial charge in [-0.25, -0.2) is 0 Å². The highest BCUT2D eigenvalue weighted by molar-refractivity contribution is 6.55. The van der Waals surface area contributed by atoms with E-state index in [2.05, 4.69) is 9.99 Å². The van der Waals surface area contributed by atoms with Gasteiger partial charge in [0, 0.05) is 19.1 Å². The summed E-state index contributed by atoms with van der Waals surface area (Å²) >= 11 is 23.3. The number of nitrogens with zero attached hydrogens (tertiary/aromatic N) is 1. The molecule has 1 rings (SSSR count). The number of hydrogen-bond donors (Lipinski definition) is 0. The SMILES string of the molecule is CC(=NOCC(F)(F)F)OCCCCCOc1c(Cl)cc(OCC=C(Cl)Cl)cc1Cl. The number of halogens is 7. The maximum atomic E-state index is 11.9. The van der Waals surface area contributed by atoms with Gasteiger partial charge in [-0.05, 0) is 25.3 Å². The molecule has 170 valence electrons. The van der Waals surface area contributed by atoms with Gasteiger partial charge in [-0.2, -0.15) is 13.2 Å². The minimum atomic E-state index is -4.43. The number of rotatable bonds is 12. The van der Waals surface area contributed by atoms with Crippen LogP contribution >= 0.6 is 46.4 Å². The zero-order valence-corrected chi connectivity index (χ0v) is 18.9. The van der Waals surface area contributed by atoms with Gasteiger partial charge < -0.3 is 19.0 Å². The van der Waals surface area contributed by atoms with E-state index in [4.69, 9.17) is 60.6 Å². The zero-order chi connectivity index (χ0) is 22.6. The third-order valence-corrected chi connectivity index (χ3v) is 4.10. The van der Waals surface area contributed by atoms with Gasteiger partial charge in [-0.3, -0.25) is 0 Å². The highest BCUT2D eigenvalue weighted by Crippen LogP contribution is 2.37. The lowest BCUT2D eigenvalue weighted by Gasteiger charge is -2.12. The van der Waals surface area contributed by atoms with Gasteiger partial charge in [0.25, 0.3) is 0 Å². The van der Waals surface area contributed by atoms with Crippen LogP contribution in [0.15, 0.2) is 27.9 Å². The summed E-state index contributed by atoms with van der Waals surface area (Å²) in [6, 6.07) is 3.13. The normalized spacial score (nSPS) is 11.8. The van der Waals surface area contributed by atoms with Crippen molar-refractivity contribution in [3.8, 4) is 11.5 Å². The van der Waals surface area contributed by atoms with E-state index in [1.54, 1.807) is 12.1 Å². The third kappa shape index (κ3) is 12.5. The van der Waals surface area contributed by atoms with Gasteiger partial charge in [-0.15, -0.1) is 0 Å². The van der Waals surface area contributed by atoms with E-state index in [-0.39, 0.29) is 17.0 Å². The van der Waals surface area contributed by atoms with Crippen molar-refractivity contribution in [2.24, 2.45) is 5.16 Å². The summed E-state index contributed by atoms with van der Waals surface area (Å²) in [7, 11) is 0. The smallest absolute Gasteiger partial charge is 0.425 e. The Labute approximate surface area is 192 Å². The highest BCUT2D eigenvalue weighted by Gasteiger charge is 2.28.